The largest absolute Gasteiger partial charge is 0.491 e. The minimum absolute atomic E-state index is 0.676. The normalized spacial score (nSPS) is 17.1. The summed E-state index contributed by atoms with van der Waals surface area (Å²) in [5.41, 5.74) is 2.41. The van der Waals surface area contributed by atoms with Crippen molar-refractivity contribution in [1.29, 1.82) is 0 Å². The molecule has 4 rings (SSSR count). The standard InChI is InChI=1S/C23H31N3O/c1-18-9-8-10-19(2)23(18)27-16-15-26-21-12-5-4-11-20(21)24-22(26)17-25-13-6-3-7-14-25/h8-12H,3-7,13-17H2,1-2H3. The van der Waals surface area contributed by atoms with E-state index >= 15 is 0 Å². The molecule has 1 aromatic heterocycles. The minimum Gasteiger partial charge on any atom is -0.491 e. The van der Waals surface area contributed by atoms with E-state index in [1.54, 1.807) is 0 Å². The zero-order valence-electron chi connectivity index (χ0n) is 16.7. The lowest BCUT2D eigenvalue weighted by Crippen LogP contribution is -2.34. The third kappa shape index (κ3) is 4.11. The van der Waals surface area contributed by atoms with Crippen molar-refractivity contribution in [1.82, 2.24) is 14.5 Å². The maximum atomic E-state index is 6.19. The average molecular weight is 366 g/mol. The maximum absolute atomic E-state index is 6.19. The number of hydrogen-bond acceptors (Lipinski definition) is 3. The van der Waals surface area contributed by atoms with Crippen molar-refractivity contribution in [2.45, 2.75) is 59.0 Å². The van der Waals surface area contributed by atoms with Crippen molar-refractivity contribution in [3.05, 3.63) is 45.8 Å². The molecule has 4 heteroatoms. The summed E-state index contributed by atoms with van der Waals surface area (Å²) in [7, 11) is 0. The number of ether oxygens (including phenoxy) is 1. The van der Waals surface area contributed by atoms with E-state index in [-0.39, 0.29) is 0 Å². The number of imidazole rings is 1. The van der Waals surface area contributed by atoms with Crippen LogP contribution in [0.4, 0.5) is 0 Å². The van der Waals surface area contributed by atoms with Crippen molar-refractivity contribution in [3.63, 3.8) is 0 Å². The maximum Gasteiger partial charge on any atom is 0.125 e. The topological polar surface area (TPSA) is 30.3 Å². The van der Waals surface area contributed by atoms with E-state index in [1.807, 2.05) is 0 Å². The summed E-state index contributed by atoms with van der Waals surface area (Å²) in [5.74, 6) is 2.22. The Morgan fingerprint density at radius 3 is 2.52 bits per heavy atom. The summed E-state index contributed by atoms with van der Waals surface area (Å²) in [5, 5.41) is 2.46. The van der Waals surface area contributed by atoms with E-state index in [9.17, 15) is 0 Å². The summed E-state index contributed by atoms with van der Waals surface area (Å²) < 4.78 is 8.59. The molecular weight excluding hydrogens is 334 g/mol. The van der Waals surface area contributed by atoms with Gasteiger partial charge in [0.1, 0.15) is 18.2 Å². The molecule has 2 aromatic rings. The van der Waals surface area contributed by atoms with Gasteiger partial charge in [-0.1, -0.05) is 36.8 Å². The van der Waals surface area contributed by atoms with Gasteiger partial charge in [-0.2, -0.15) is 0 Å². The lowest BCUT2D eigenvalue weighted by Gasteiger charge is -2.26. The molecule has 1 aliphatic heterocycles. The Labute approximate surface area is 162 Å². The van der Waals surface area contributed by atoms with Gasteiger partial charge < -0.3 is 9.30 Å². The molecule has 0 bridgehead atoms. The Balaban J connectivity index is 1.53. The van der Waals surface area contributed by atoms with E-state index in [0.717, 1.165) is 31.7 Å². The van der Waals surface area contributed by atoms with Gasteiger partial charge in [0, 0.05) is 0 Å². The van der Waals surface area contributed by atoms with Crippen LogP contribution in [0.5, 0.6) is 5.75 Å². The smallest absolute Gasteiger partial charge is 0.125 e. The van der Waals surface area contributed by atoms with Gasteiger partial charge in [-0.15, -0.1) is 0 Å². The fourth-order valence-corrected chi connectivity index (χ4v) is 4.29. The summed E-state index contributed by atoms with van der Waals surface area (Å²) in [6, 6.07) is 6.32. The van der Waals surface area contributed by atoms with Crippen LogP contribution in [-0.2, 0) is 13.1 Å². The first-order valence-electron chi connectivity index (χ1n) is 10.4. The molecule has 144 valence electrons. The zero-order chi connectivity index (χ0) is 18.6. The number of nitrogens with zero attached hydrogens (tertiary/aromatic N) is 3. The molecule has 1 fully saturated rings. The Bertz CT molecular complexity index is 886. The van der Waals surface area contributed by atoms with Crippen LogP contribution in [0.15, 0.2) is 18.2 Å². The van der Waals surface area contributed by atoms with E-state index in [1.165, 1.54) is 60.0 Å². The molecule has 27 heavy (non-hydrogen) atoms. The van der Waals surface area contributed by atoms with Crippen molar-refractivity contribution >= 4 is 12.2 Å². The summed E-state index contributed by atoms with van der Waals surface area (Å²) in [6.07, 6.45) is 10.8. The first-order valence-corrected chi connectivity index (χ1v) is 10.4. The number of fused-ring (bicyclic) bond motifs is 1. The second-order valence-corrected chi connectivity index (χ2v) is 7.84. The number of likely N-dealkylation sites (tertiary alicyclic amines) is 1. The van der Waals surface area contributed by atoms with Crippen LogP contribution in [0.1, 0.15) is 49.1 Å². The third-order valence-electron chi connectivity index (χ3n) is 5.74. The van der Waals surface area contributed by atoms with E-state index in [0.29, 0.717) is 6.61 Å². The van der Waals surface area contributed by atoms with Gasteiger partial charge in [-0.05, 0) is 63.7 Å². The van der Waals surface area contributed by atoms with Crippen LogP contribution in [-0.4, -0.2) is 34.1 Å². The molecule has 0 unspecified atom stereocenters. The molecule has 0 spiro atoms. The highest BCUT2D eigenvalue weighted by molar-refractivity contribution is 5.39. The number of piperidine rings is 1. The van der Waals surface area contributed by atoms with Gasteiger partial charge in [-0.25, -0.2) is 4.98 Å². The number of benzene rings is 1. The molecule has 1 aromatic carbocycles. The van der Waals surface area contributed by atoms with Crippen molar-refractivity contribution in [2.24, 2.45) is 0 Å². The molecule has 0 N–H and O–H groups in total. The predicted molar refractivity (Wildman–Crippen MR) is 110 cm³/mol. The molecule has 0 radical (unpaired) electrons. The quantitative estimate of drug-likeness (QED) is 0.788. The highest BCUT2D eigenvalue weighted by atomic mass is 16.5. The SMILES string of the molecule is Cc1cccc(C)c1OCCn1c(CN2CCCCC2)nc2c1=CCCC=2. The van der Waals surface area contributed by atoms with Gasteiger partial charge in [0.2, 0.25) is 0 Å². The lowest BCUT2D eigenvalue weighted by molar-refractivity contribution is 0.210. The average Bonchev–Trinajstić information content (AvgIpc) is 3.02. The number of aromatic nitrogens is 2. The van der Waals surface area contributed by atoms with E-state index in [2.05, 4.69) is 53.7 Å². The lowest BCUT2D eigenvalue weighted by atomic mass is 10.1. The molecule has 1 aliphatic carbocycles. The second kappa shape index (κ2) is 8.30. The Hall–Kier alpha value is -2.07. The zero-order valence-corrected chi connectivity index (χ0v) is 16.7. The first kappa shape index (κ1) is 18.3. The van der Waals surface area contributed by atoms with Crippen LogP contribution < -0.4 is 15.4 Å². The Kier molecular flexibility index (Phi) is 5.63. The van der Waals surface area contributed by atoms with Gasteiger partial charge in [0.05, 0.1) is 23.8 Å². The Morgan fingerprint density at radius 2 is 1.74 bits per heavy atom. The van der Waals surface area contributed by atoms with E-state index < -0.39 is 0 Å². The van der Waals surface area contributed by atoms with Crippen LogP contribution in [0.25, 0.3) is 12.2 Å². The fourth-order valence-electron chi connectivity index (χ4n) is 4.29. The van der Waals surface area contributed by atoms with Crippen molar-refractivity contribution in [3.8, 4) is 5.75 Å². The number of aryl methyl sites for hydroxylation is 2. The fraction of sp³-hybridized carbons (Fsp3) is 0.522. The number of para-hydroxylation sites is 1. The molecule has 0 saturated carbocycles. The highest BCUT2D eigenvalue weighted by Crippen LogP contribution is 2.22. The predicted octanol–water partition coefficient (Wildman–Crippen LogP) is 2.92. The van der Waals surface area contributed by atoms with Crippen LogP contribution in [0, 0.1) is 13.8 Å². The summed E-state index contributed by atoms with van der Waals surface area (Å²) >= 11 is 0. The molecule has 2 aliphatic rings. The van der Waals surface area contributed by atoms with Crippen molar-refractivity contribution in [2.75, 3.05) is 19.7 Å². The van der Waals surface area contributed by atoms with Crippen LogP contribution >= 0.6 is 0 Å². The van der Waals surface area contributed by atoms with E-state index in [4.69, 9.17) is 9.72 Å². The second-order valence-electron chi connectivity index (χ2n) is 7.84. The first-order chi connectivity index (χ1) is 13.2. The van der Waals surface area contributed by atoms with Gasteiger partial charge in [0.25, 0.3) is 0 Å². The molecule has 0 atom stereocenters. The van der Waals surface area contributed by atoms with Gasteiger partial charge in [0.15, 0.2) is 0 Å². The number of hydrogen-bond donors (Lipinski definition) is 0. The van der Waals surface area contributed by atoms with Crippen LogP contribution in [0.2, 0.25) is 0 Å². The molecule has 0 amide bonds. The summed E-state index contributed by atoms with van der Waals surface area (Å²) in [6.45, 7) is 9.11. The Morgan fingerprint density at radius 1 is 1.00 bits per heavy atom. The van der Waals surface area contributed by atoms with Crippen LogP contribution in [0.3, 0.4) is 0 Å². The molecule has 4 nitrogen and oxygen atoms in total. The van der Waals surface area contributed by atoms with Gasteiger partial charge in [-0.3, -0.25) is 4.90 Å². The number of rotatable bonds is 6. The summed E-state index contributed by atoms with van der Waals surface area (Å²) in [4.78, 5) is 7.54. The third-order valence-corrected chi connectivity index (χ3v) is 5.74. The molecule has 1 saturated heterocycles. The highest BCUT2D eigenvalue weighted by Gasteiger charge is 2.16. The molecular formula is C23H31N3O. The molecule has 2 heterocycles. The van der Waals surface area contributed by atoms with Gasteiger partial charge >= 0.3 is 0 Å². The van der Waals surface area contributed by atoms with Crippen molar-refractivity contribution < 1.29 is 4.74 Å². The monoisotopic (exact) mass is 365 g/mol. The minimum atomic E-state index is 0.676.